The Hall–Kier alpha value is -3.56. The lowest BCUT2D eigenvalue weighted by Gasteiger charge is -2.26. The average Bonchev–Trinajstić information content (AvgIpc) is 2.87. The first-order chi connectivity index (χ1) is 17.7. The van der Waals surface area contributed by atoms with E-state index in [-0.39, 0.29) is 22.4 Å². The van der Waals surface area contributed by atoms with Crippen molar-refractivity contribution in [1.82, 2.24) is 10.3 Å². The van der Waals surface area contributed by atoms with Gasteiger partial charge in [-0.15, -0.1) is 11.8 Å². The fourth-order valence-corrected chi connectivity index (χ4v) is 4.87. The molecule has 0 radical (unpaired) electrons. The highest BCUT2D eigenvalue weighted by molar-refractivity contribution is 7.99. The fraction of sp³-hybridized carbons (Fsp3) is 0.259. The van der Waals surface area contributed by atoms with Gasteiger partial charge in [0, 0.05) is 29.1 Å². The molecule has 0 aliphatic rings. The van der Waals surface area contributed by atoms with E-state index in [1.54, 1.807) is 13.0 Å². The summed E-state index contributed by atoms with van der Waals surface area (Å²) in [6, 6.07) is 17.5. The number of pyridine rings is 1. The Morgan fingerprint density at radius 1 is 1.03 bits per heavy atom. The van der Waals surface area contributed by atoms with Gasteiger partial charge in [0.1, 0.15) is 12.1 Å². The summed E-state index contributed by atoms with van der Waals surface area (Å²) < 4.78 is 16.1. The van der Waals surface area contributed by atoms with Gasteiger partial charge in [0.25, 0.3) is 5.91 Å². The maximum absolute atomic E-state index is 13.0. The summed E-state index contributed by atoms with van der Waals surface area (Å²) in [5, 5.41) is 2.93. The van der Waals surface area contributed by atoms with Crippen molar-refractivity contribution in [2.24, 2.45) is 0 Å². The number of esters is 2. The molecule has 8 nitrogen and oxygen atoms in total. The summed E-state index contributed by atoms with van der Waals surface area (Å²) in [6.45, 7) is 4.49. The number of carbonyl (C=O) groups is 3. The van der Waals surface area contributed by atoms with Crippen LogP contribution in [0.25, 0.3) is 0 Å². The number of ether oxygens (including phenoxy) is 3. The Kier molecular flexibility index (Phi) is 9.93. The standard InChI is InChI=1S/C27H27ClN2O6S/c1-16(30-26(32)23-24(36-18(3)31)22(34-4)13-14-29-23)27(33)35-17(2)25(19-9-6-5-7-10-19)37-21-12-8-11-20(28)15-21/h5-17,25H,1-4H3,(H,30,32)/t16-,17-,25-/m0/s1. The van der Waals surface area contributed by atoms with Crippen molar-refractivity contribution in [3.8, 4) is 11.5 Å². The fourth-order valence-electron chi connectivity index (χ4n) is 3.43. The van der Waals surface area contributed by atoms with Crippen molar-refractivity contribution in [1.29, 1.82) is 0 Å². The molecule has 0 aliphatic carbocycles. The van der Waals surface area contributed by atoms with Gasteiger partial charge in [-0.25, -0.2) is 9.78 Å². The van der Waals surface area contributed by atoms with E-state index in [0.717, 1.165) is 10.5 Å². The molecule has 194 valence electrons. The lowest BCUT2D eigenvalue weighted by Crippen LogP contribution is -2.41. The first-order valence-corrected chi connectivity index (χ1v) is 12.6. The maximum atomic E-state index is 13.0. The van der Waals surface area contributed by atoms with Crippen LogP contribution in [0.15, 0.2) is 71.8 Å². The summed E-state index contributed by atoms with van der Waals surface area (Å²) in [4.78, 5) is 42.3. The second-order valence-corrected chi connectivity index (χ2v) is 9.68. The summed E-state index contributed by atoms with van der Waals surface area (Å²) in [5.74, 6) is -1.98. The minimum absolute atomic E-state index is 0.133. The number of nitrogens with zero attached hydrogens (tertiary/aromatic N) is 1. The molecule has 0 fully saturated rings. The molecule has 0 spiro atoms. The normalized spacial score (nSPS) is 13.1. The summed E-state index contributed by atoms with van der Waals surface area (Å²) in [5.41, 5.74) is 0.775. The Balaban J connectivity index is 1.74. The van der Waals surface area contributed by atoms with Gasteiger partial charge in [-0.05, 0) is 37.6 Å². The summed E-state index contributed by atoms with van der Waals surface area (Å²) >= 11 is 7.68. The van der Waals surface area contributed by atoms with Crippen molar-refractivity contribution in [3.05, 3.63) is 83.1 Å². The molecule has 0 saturated heterocycles. The number of methoxy groups -OCH3 is 1. The molecule has 3 rings (SSSR count). The first kappa shape index (κ1) is 28.0. The van der Waals surface area contributed by atoms with Crippen LogP contribution in [-0.2, 0) is 14.3 Å². The number of hydrogen-bond acceptors (Lipinski definition) is 8. The molecule has 3 aromatic rings. The molecule has 1 amide bonds. The van der Waals surface area contributed by atoms with E-state index in [4.69, 9.17) is 25.8 Å². The number of nitrogens with one attached hydrogen (secondary N) is 1. The molecule has 10 heteroatoms. The average molecular weight is 543 g/mol. The van der Waals surface area contributed by atoms with E-state index >= 15 is 0 Å². The van der Waals surface area contributed by atoms with Crippen molar-refractivity contribution >= 4 is 41.2 Å². The molecule has 3 atom stereocenters. The van der Waals surface area contributed by atoms with Gasteiger partial charge in [-0.3, -0.25) is 9.59 Å². The molecule has 1 aromatic heterocycles. The zero-order chi connectivity index (χ0) is 26.9. The van der Waals surface area contributed by atoms with Crippen molar-refractivity contribution in [2.75, 3.05) is 7.11 Å². The minimum atomic E-state index is -1.01. The van der Waals surface area contributed by atoms with Crippen LogP contribution in [-0.4, -0.2) is 42.1 Å². The van der Waals surface area contributed by atoms with Crippen LogP contribution in [0.2, 0.25) is 5.02 Å². The van der Waals surface area contributed by atoms with Crippen LogP contribution in [0.1, 0.15) is 42.1 Å². The number of halogens is 1. The van der Waals surface area contributed by atoms with E-state index in [1.165, 1.54) is 45.0 Å². The molecule has 0 unspecified atom stereocenters. The number of carbonyl (C=O) groups excluding carboxylic acids is 3. The Morgan fingerprint density at radius 3 is 2.41 bits per heavy atom. The second kappa shape index (κ2) is 13.1. The zero-order valence-corrected chi connectivity index (χ0v) is 22.3. The topological polar surface area (TPSA) is 104 Å². The van der Waals surface area contributed by atoms with Gasteiger partial charge in [0.15, 0.2) is 11.4 Å². The van der Waals surface area contributed by atoms with Crippen LogP contribution in [0.3, 0.4) is 0 Å². The van der Waals surface area contributed by atoms with Gasteiger partial charge in [-0.2, -0.15) is 0 Å². The number of aromatic nitrogens is 1. The van der Waals surface area contributed by atoms with Crippen molar-refractivity contribution in [3.63, 3.8) is 0 Å². The molecule has 0 saturated carbocycles. The third-order valence-electron chi connectivity index (χ3n) is 5.17. The van der Waals surface area contributed by atoms with Gasteiger partial charge < -0.3 is 19.5 Å². The van der Waals surface area contributed by atoms with Crippen LogP contribution < -0.4 is 14.8 Å². The zero-order valence-electron chi connectivity index (χ0n) is 20.8. The number of thioether (sulfide) groups is 1. The Morgan fingerprint density at radius 2 is 1.76 bits per heavy atom. The molecule has 1 N–H and O–H groups in total. The quantitative estimate of drug-likeness (QED) is 0.273. The Labute approximate surface area is 224 Å². The monoisotopic (exact) mass is 542 g/mol. The van der Waals surface area contributed by atoms with Crippen LogP contribution in [0.4, 0.5) is 0 Å². The molecule has 1 heterocycles. The van der Waals surface area contributed by atoms with Crippen LogP contribution in [0.5, 0.6) is 11.5 Å². The van der Waals surface area contributed by atoms with Crippen molar-refractivity contribution < 1.29 is 28.6 Å². The highest BCUT2D eigenvalue weighted by Crippen LogP contribution is 2.39. The predicted octanol–water partition coefficient (Wildman–Crippen LogP) is 5.25. The number of benzene rings is 2. The van der Waals surface area contributed by atoms with Gasteiger partial charge in [-0.1, -0.05) is 48.0 Å². The van der Waals surface area contributed by atoms with E-state index in [0.29, 0.717) is 5.02 Å². The third-order valence-corrected chi connectivity index (χ3v) is 6.84. The predicted molar refractivity (Wildman–Crippen MR) is 141 cm³/mol. The second-order valence-electron chi connectivity index (χ2n) is 8.03. The number of rotatable bonds is 10. The molecular weight excluding hydrogens is 516 g/mol. The minimum Gasteiger partial charge on any atom is -0.493 e. The lowest BCUT2D eigenvalue weighted by molar-refractivity contribution is -0.150. The summed E-state index contributed by atoms with van der Waals surface area (Å²) in [7, 11) is 1.37. The van der Waals surface area contributed by atoms with Gasteiger partial charge in [0.05, 0.1) is 12.4 Å². The van der Waals surface area contributed by atoms with Gasteiger partial charge in [0.2, 0.25) is 5.75 Å². The number of amides is 1. The SMILES string of the molecule is COc1ccnc(C(=O)N[C@@H](C)C(=O)O[C@@H](C)[C@H](Sc2cccc(Cl)c2)c2ccccc2)c1OC(C)=O. The molecule has 2 aromatic carbocycles. The highest BCUT2D eigenvalue weighted by atomic mass is 35.5. The largest absolute Gasteiger partial charge is 0.493 e. The lowest BCUT2D eigenvalue weighted by atomic mass is 10.1. The summed E-state index contributed by atoms with van der Waals surface area (Å²) in [6.07, 6.45) is 0.786. The molecule has 37 heavy (non-hydrogen) atoms. The van der Waals surface area contributed by atoms with Gasteiger partial charge >= 0.3 is 11.9 Å². The first-order valence-electron chi connectivity index (χ1n) is 11.4. The van der Waals surface area contributed by atoms with Crippen molar-refractivity contribution in [2.45, 2.75) is 43.1 Å². The van der Waals surface area contributed by atoms with Crippen LogP contribution in [0, 0.1) is 0 Å². The maximum Gasteiger partial charge on any atom is 0.328 e. The highest BCUT2D eigenvalue weighted by Gasteiger charge is 2.29. The van der Waals surface area contributed by atoms with E-state index in [9.17, 15) is 14.4 Å². The number of hydrogen-bond donors (Lipinski definition) is 1. The van der Waals surface area contributed by atoms with E-state index < -0.39 is 30.0 Å². The van der Waals surface area contributed by atoms with E-state index in [2.05, 4.69) is 10.3 Å². The molecular formula is C27H27ClN2O6S. The smallest absolute Gasteiger partial charge is 0.328 e. The third kappa shape index (κ3) is 7.71. The van der Waals surface area contributed by atoms with Crippen LogP contribution >= 0.6 is 23.4 Å². The molecule has 0 aliphatic heterocycles. The molecule has 0 bridgehead atoms. The van der Waals surface area contributed by atoms with E-state index in [1.807, 2.05) is 48.5 Å². The Bertz CT molecular complexity index is 1260.